The predicted molar refractivity (Wildman–Crippen MR) is 104 cm³/mol. The molecule has 3 aromatic rings. The topological polar surface area (TPSA) is 86.1 Å². The molecule has 0 radical (unpaired) electrons. The average Bonchev–Trinajstić information content (AvgIpc) is 3.22. The molecule has 1 aliphatic rings. The van der Waals surface area contributed by atoms with Crippen molar-refractivity contribution >= 4 is 5.91 Å². The van der Waals surface area contributed by atoms with E-state index in [-0.39, 0.29) is 13.2 Å². The molecule has 10 heteroatoms. The summed E-state index contributed by atoms with van der Waals surface area (Å²) in [5.41, 5.74) is -0.684. The number of rotatable bonds is 4. The highest BCUT2D eigenvalue weighted by atomic mass is 19.4. The van der Waals surface area contributed by atoms with Gasteiger partial charge in [0.05, 0.1) is 36.1 Å². The molecule has 0 aliphatic carbocycles. The third-order valence-electron chi connectivity index (χ3n) is 4.96. The van der Waals surface area contributed by atoms with Crippen molar-refractivity contribution in [2.24, 2.45) is 0 Å². The number of carbonyl (C=O) groups is 1. The third kappa shape index (κ3) is 4.33. The summed E-state index contributed by atoms with van der Waals surface area (Å²) in [6.07, 6.45) is -1.49. The van der Waals surface area contributed by atoms with E-state index >= 15 is 0 Å². The van der Waals surface area contributed by atoms with Crippen molar-refractivity contribution < 1.29 is 22.7 Å². The van der Waals surface area contributed by atoms with Crippen LogP contribution in [-0.2, 0) is 10.9 Å². The fourth-order valence-corrected chi connectivity index (χ4v) is 3.44. The van der Waals surface area contributed by atoms with Crippen molar-refractivity contribution in [3.8, 4) is 11.3 Å². The van der Waals surface area contributed by atoms with Gasteiger partial charge in [0.2, 0.25) is 0 Å². The molecular formula is C21H17F3N4O3. The van der Waals surface area contributed by atoms with E-state index in [0.29, 0.717) is 5.69 Å². The SMILES string of the molecule is O=C(NC1COCC1n1nc(-c2ccncc2)ccc1=O)c1ccccc1C(F)(F)F. The number of pyridine rings is 1. The minimum absolute atomic E-state index is 0.0399. The number of hydrogen-bond acceptors (Lipinski definition) is 5. The Balaban J connectivity index is 1.61. The second-order valence-electron chi connectivity index (χ2n) is 6.97. The molecule has 1 amide bonds. The number of aromatic nitrogens is 3. The molecule has 2 aromatic heterocycles. The predicted octanol–water partition coefficient (Wildman–Crippen LogP) is 2.69. The molecule has 4 rings (SSSR count). The van der Waals surface area contributed by atoms with Crippen molar-refractivity contribution in [1.29, 1.82) is 0 Å². The molecule has 0 saturated carbocycles. The fraction of sp³-hybridized carbons (Fsp3) is 0.238. The van der Waals surface area contributed by atoms with Crippen LogP contribution in [0.15, 0.2) is 65.7 Å². The Morgan fingerprint density at radius 2 is 1.81 bits per heavy atom. The van der Waals surface area contributed by atoms with Crippen LogP contribution in [0, 0.1) is 0 Å². The molecule has 7 nitrogen and oxygen atoms in total. The first-order chi connectivity index (χ1) is 14.8. The minimum atomic E-state index is -4.67. The summed E-state index contributed by atoms with van der Waals surface area (Å²) in [7, 11) is 0. The number of ether oxygens (including phenoxy) is 1. The van der Waals surface area contributed by atoms with Crippen LogP contribution in [0.2, 0.25) is 0 Å². The van der Waals surface area contributed by atoms with Gasteiger partial charge in [0.25, 0.3) is 11.5 Å². The van der Waals surface area contributed by atoms with Gasteiger partial charge in [-0.05, 0) is 30.3 Å². The van der Waals surface area contributed by atoms with Crippen molar-refractivity contribution in [2.75, 3.05) is 13.2 Å². The van der Waals surface area contributed by atoms with Gasteiger partial charge in [0.15, 0.2) is 0 Å². The number of nitrogens with one attached hydrogen (secondary N) is 1. The molecule has 0 bridgehead atoms. The van der Waals surface area contributed by atoms with E-state index in [2.05, 4.69) is 15.4 Å². The van der Waals surface area contributed by atoms with Crippen LogP contribution in [0.5, 0.6) is 0 Å². The van der Waals surface area contributed by atoms with Crippen LogP contribution in [0.3, 0.4) is 0 Å². The Hall–Kier alpha value is -3.53. The fourth-order valence-electron chi connectivity index (χ4n) is 3.44. The molecule has 1 N–H and O–H groups in total. The molecule has 31 heavy (non-hydrogen) atoms. The molecule has 2 atom stereocenters. The zero-order valence-corrected chi connectivity index (χ0v) is 16.0. The number of carbonyl (C=O) groups excluding carboxylic acids is 1. The van der Waals surface area contributed by atoms with E-state index < -0.39 is 40.9 Å². The molecule has 0 spiro atoms. The molecule has 3 heterocycles. The van der Waals surface area contributed by atoms with E-state index in [4.69, 9.17) is 4.74 Å². The highest BCUT2D eigenvalue weighted by molar-refractivity contribution is 5.96. The number of hydrogen-bond donors (Lipinski definition) is 1. The van der Waals surface area contributed by atoms with Crippen LogP contribution >= 0.6 is 0 Å². The molecule has 2 unspecified atom stereocenters. The first-order valence-electron chi connectivity index (χ1n) is 9.39. The Bertz CT molecular complexity index is 1150. The summed E-state index contributed by atoms with van der Waals surface area (Å²) in [5.74, 6) is -0.897. The van der Waals surface area contributed by atoms with Gasteiger partial charge >= 0.3 is 6.18 Å². The Morgan fingerprint density at radius 3 is 2.55 bits per heavy atom. The summed E-state index contributed by atoms with van der Waals surface area (Å²) in [6.45, 7) is 0.122. The first kappa shape index (κ1) is 20.7. The largest absolute Gasteiger partial charge is 0.417 e. The van der Waals surface area contributed by atoms with E-state index in [1.54, 1.807) is 30.6 Å². The number of amides is 1. The van der Waals surface area contributed by atoms with Gasteiger partial charge < -0.3 is 10.1 Å². The summed E-state index contributed by atoms with van der Waals surface area (Å²) >= 11 is 0. The Labute approximate surface area is 174 Å². The van der Waals surface area contributed by atoms with Crippen LogP contribution in [0.1, 0.15) is 22.0 Å². The monoisotopic (exact) mass is 430 g/mol. The van der Waals surface area contributed by atoms with Crippen LogP contribution < -0.4 is 10.9 Å². The van der Waals surface area contributed by atoms with Crippen molar-refractivity contribution in [3.63, 3.8) is 0 Å². The highest BCUT2D eigenvalue weighted by Crippen LogP contribution is 2.32. The lowest BCUT2D eigenvalue weighted by molar-refractivity contribution is -0.137. The smallest absolute Gasteiger partial charge is 0.377 e. The van der Waals surface area contributed by atoms with Crippen molar-refractivity contribution in [3.05, 3.63) is 82.4 Å². The quantitative estimate of drug-likeness (QED) is 0.688. The van der Waals surface area contributed by atoms with Crippen LogP contribution in [-0.4, -0.2) is 39.9 Å². The molecule has 160 valence electrons. The van der Waals surface area contributed by atoms with Gasteiger partial charge in [0.1, 0.15) is 6.04 Å². The molecule has 1 aromatic carbocycles. The minimum Gasteiger partial charge on any atom is -0.377 e. The summed E-state index contributed by atoms with van der Waals surface area (Å²) in [6, 6.07) is 9.51. The zero-order chi connectivity index (χ0) is 22.0. The lowest BCUT2D eigenvalue weighted by atomic mass is 10.1. The van der Waals surface area contributed by atoms with Crippen LogP contribution in [0.25, 0.3) is 11.3 Å². The van der Waals surface area contributed by atoms with E-state index in [1.807, 2.05) is 0 Å². The molecular weight excluding hydrogens is 413 g/mol. The normalized spacial score (nSPS) is 18.7. The number of alkyl halides is 3. The maximum absolute atomic E-state index is 13.3. The van der Waals surface area contributed by atoms with Crippen molar-refractivity contribution in [1.82, 2.24) is 20.1 Å². The number of nitrogens with zero attached hydrogens (tertiary/aromatic N) is 3. The van der Waals surface area contributed by atoms with Gasteiger partial charge in [-0.1, -0.05) is 12.1 Å². The van der Waals surface area contributed by atoms with Gasteiger partial charge in [-0.2, -0.15) is 18.3 Å². The Kier molecular flexibility index (Phi) is 5.55. The number of halogens is 3. The van der Waals surface area contributed by atoms with Gasteiger partial charge in [-0.15, -0.1) is 0 Å². The lowest BCUT2D eigenvalue weighted by Gasteiger charge is -2.21. The zero-order valence-electron chi connectivity index (χ0n) is 16.0. The highest BCUT2D eigenvalue weighted by Gasteiger charge is 2.37. The molecule has 1 aliphatic heterocycles. The van der Waals surface area contributed by atoms with Crippen LogP contribution in [0.4, 0.5) is 13.2 Å². The second-order valence-corrected chi connectivity index (χ2v) is 6.97. The van der Waals surface area contributed by atoms with E-state index in [1.165, 1.54) is 22.9 Å². The maximum Gasteiger partial charge on any atom is 0.417 e. The standard InChI is InChI=1S/C21H17F3N4O3/c22-21(23,24)15-4-2-1-3-14(15)20(30)26-17-11-31-12-18(17)28-19(29)6-5-16(27-28)13-7-9-25-10-8-13/h1-10,17-18H,11-12H2,(H,26,30). The molecule has 1 saturated heterocycles. The van der Waals surface area contributed by atoms with Crippen molar-refractivity contribution in [2.45, 2.75) is 18.3 Å². The Morgan fingerprint density at radius 1 is 1.06 bits per heavy atom. The summed E-state index contributed by atoms with van der Waals surface area (Å²) < 4.78 is 46.4. The third-order valence-corrected chi connectivity index (χ3v) is 4.96. The summed E-state index contributed by atoms with van der Waals surface area (Å²) in [5, 5.41) is 6.95. The lowest BCUT2D eigenvalue weighted by Crippen LogP contribution is -2.44. The van der Waals surface area contributed by atoms with E-state index in [0.717, 1.165) is 17.7 Å². The summed E-state index contributed by atoms with van der Waals surface area (Å²) in [4.78, 5) is 29.0. The van der Waals surface area contributed by atoms with Gasteiger partial charge in [0, 0.05) is 24.0 Å². The molecule has 1 fully saturated rings. The van der Waals surface area contributed by atoms with Gasteiger partial charge in [-0.25, -0.2) is 4.68 Å². The van der Waals surface area contributed by atoms with Gasteiger partial charge in [-0.3, -0.25) is 14.6 Å². The second kappa shape index (κ2) is 8.31. The maximum atomic E-state index is 13.3. The first-order valence-corrected chi connectivity index (χ1v) is 9.39. The van der Waals surface area contributed by atoms with E-state index in [9.17, 15) is 22.8 Å². The average molecular weight is 430 g/mol. The number of benzene rings is 1.